The molecule has 1 aliphatic heterocycles. The Kier molecular flexibility index (Phi) is 10.2. The van der Waals surface area contributed by atoms with Gasteiger partial charge in [-0.05, 0) is 55.0 Å². The zero-order valence-electron chi connectivity index (χ0n) is 24.3. The zero-order chi connectivity index (χ0) is 34.6. The molecule has 0 saturated carbocycles. The number of rotatable bonds is 9. The number of nitrogens with one attached hydrogen (secondary N) is 2. The van der Waals surface area contributed by atoms with Crippen molar-refractivity contribution in [1.82, 2.24) is 25.6 Å². The first-order valence-electron chi connectivity index (χ1n) is 13.6. The van der Waals surface area contributed by atoms with Crippen molar-refractivity contribution in [1.29, 1.82) is 0 Å². The molecule has 2 N–H and O–H groups in total. The minimum absolute atomic E-state index is 0.0899. The summed E-state index contributed by atoms with van der Waals surface area (Å²) >= 11 is 6.94. The summed E-state index contributed by atoms with van der Waals surface area (Å²) in [5, 5.41) is 4.39. The van der Waals surface area contributed by atoms with E-state index in [4.69, 9.17) is 16.3 Å². The molecule has 3 aromatic carbocycles. The molecule has 0 radical (unpaired) electrons. The van der Waals surface area contributed by atoms with Crippen LogP contribution in [0.4, 0.5) is 36.8 Å². The Morgan fingerprint density at radius 3 is 2.44 bits per heavy atom. The fraction of sp³-hybridized carbons (Fsp3) is 0.207. The largest absolute Gasteiger partial charge is 0.573 e. The third kappa shape index (κ3) is 8.96. The summed E-state index contributed by atoms with van der Waals surface area (Å²) in [7, 11) is 0. The zero-order valence-corrected chi connectivity index (χ0v) is 25.9. The molecule has 1 saturated heterocycles. The van der Waals surface area contributed by atoms with Gasteiger partial charge in [0, 0.05) is 16.6 Å². The Morgan fingerprint density at radius 2 is 1.77 bits per heavy atom. The number of hydrogen-bond donors (Lipinski definition) is 2. The number of hydrogen-bond acceptors (Lipinski definition) is 8. The number of carbonyl (C=O) groups excluding carboxylic acids is 2. The van der Waals surface area contributed by atoms with E-state index in [9.17, 15) is 35.9 Å². The van der Waals surface area contributed by atoms with Crippen LogP contribution in [0.3, 0.4) is 0 Å². The summed E-state index contributed by atoms with van der Waals surface area (Å²) in [6.07, 6.45) is -8.02. The molecule has 1 atom stereocenters. The van der Waals surface area contributed by atoms with E-state index in [-0.39, 0.29) is 33.1 Å². The van der Waals surface area contributed by atoms with Crippen molar-refractivity contribution in [3.63, 3.8) is 0 Å². The molecule has 0 aliphatic carbocycles. The summed E-state index contributed by atoms with van der Waals surface area (Å²) in [6.45, 7) is 0.145. The van der Waals surface area contributed by atoms with Crippen LogP contribution in [0.15, 0.2) is 78.0 Å². The number of urea groups is 1. The number of amidine groups is 1. The molecular weight excluding hydrogens is 692 g/mol. The van der Waals surface area contributed by atoms with Crippen LogP contribution in [0.5, 0.6) is 11.5 Å². The fourth-order valence-corrected chi connectivity index (χ4v) is 5.26. The van der Waals surface area contributed by atoms with Crippen LogP contribution in [-0.4, -0.2) is 56.8 Å². The summed E-state index contributed by atoms with van der Waals surface area (Å²) in [6, 6.07) is 14.5. The van der Waals surface area contributed by atoms with Gasteiger partial charge in [0.2, 0.25) is 5.91 Å². The molecule has 0 bridgehead atoms. The second kappa shape index (κ2) is 14.1. The molecular formula is C29H22ClF6N7O4S. The Hall–Kier alpha value is -4.81. The van der Waals surface area contributed by atoms with E-state index >= 15 is 0 Å². The highest BCUT2D eigenvalue weighted by Gasteiger charge is 2.35. The molecule has 3 amide bonds. The average molecular weight is 714 g/mol. The topological polar surface area (TPSA) is 123 Å². The number of halogens is 7. The quantitative estimate of drug-likeness (QED) is 0.143. The number of nitrogens with zero attached hydrogens (tertiary/aromatic N) is 5. The van der Waals surface area contributed by atoms with Gasteiger partial charge < -0.3 is 9.47 Å². The minimum Gasteiger partial charge on any atom is -0.482 e. The van der Waals surface area contributed by atoms with E-state index in [0.29, 0.717) is 17.1 Å². The number of benzene rings is 3. The summed E-state index contributed by atoms with van der Waals surface area (Å²) in [5.74, 6) is -0.954. The Labute approximate surface area is 276 Å². The first-order valence-corrected chi connectivity index (χ1v) is 15.0. The van der Waals surface area contributed by atoms with Gasteiger partial charge in [0.05, 0.1) is 17.1 Å². The maximum absolute atomic E-state index is 12.8. The highest BCUT2D eigenvalue weighted by Crippen LogP contribution is 2.37. The molecule has 0 spiro atoms. The third-order valence-corrected chi connectivity index (χ3v) is 7.57. The molecule has 5 rings (SSSR count). The van der Waals surface area contributed by atoms with Gasteiger partial charge in [-0.25, -0.2) is 19.9 Å². The van der Waals surface area contributed by atoms with Gasteiger partial charge in [-0.3, -0.25) is 15.1 Å². The normalized spacial score (nSPS) is 15.1. The monoisotopic (exact) mass is 713 g/mol. The van der Waals surface area contributed by atoms with Gasteiger partial charge in [0.1, 0.15) is 17.8 Å². The molecule has 1 aromatic heterocycles. The first kappa shape index (κ1) is 34.5. The number of thioether (sulfide) groups is 1. The maximum Gasteiger partial charge on any atom is 0.573 e. The summed E-state index contributed by atoms with van der Waals surface area (Å²) in [4.78, 5) is 34.4. The van der Waals surface area contributed by atoms with Crippen molar-refractivity contribution in [2.75, 3.05) is 17.3 Å². The lowest BCUT2D eigenvalue weighted by Crippen LogP contribution is -2.39. The van der Waals surface area contributed by atoms with Crippen LogP contribution < -0.4 is 25.2 Å². The standard InChI is InChI=1S/C29H22ClF6N7O4S/c1-16(17-2-4-18(5-3-17)25-37-15-42(41-25)20-7-9-21(10-8-20)47-29(34,35)36)39-40-26(45)38-27-43(24(44)13-48-27)22-12-19(30)6-11-23(22)46-14-28(31,32)33/h2-12,15-16,39H,13-14H2,1H3,(H,40,45). The number of ether oxygens (including phenoxy) is 2. The van der Waals surface area contributed by atoms with E-state index in [0.717, 1.165) is 34.4 Å². The Bertz CT molecular complexity index is 1820. The van der Waals surface area contributed by atoms with E-state index in [1.807, 2.05) is 0 Å². The van der Waals surface area contributed by atoms with Gasteiger partial charge >= 0.3 is 18.6 Å². The van der Waals surface area contributed by atoms with E-state index in [1.54, 1.807) is 31.2 Å². The van der Waals surface area contributed by atoms with Crippen molar-refractivity contribution in [2.45, 2.75) is 25.5 Å². The van der Waals surface area contributed by atoms with Crippen LogP contribution in [0.25, 0.3) is 17.1 Å². The first-order chi connectivity index (χ1) is 22.6. The summed E-state index contributed by atoms with van der Waals surface area (Å²) < 4.78 is 85.7. The van der Waals surface area contributed by atoms with Crippen LogP contribution in [-0.2, 0) is 4.79 Å². The Morgan fingerprint density at radius 1 is 1.06 bits per heavy atom. The number of alkyl halides is 6. The van der Waals surface area contributed by atoms with Crippen molar-refractivity contribution in [3.8, 4) is 28.6 Å². The second-order valence-electron chi connectivity index (χ2n) is 9.90. The molecule has 1 aliphatic rings. The lowest BCUT2D eigenvalue weighted by atomic mass is 10.1. The number of hydrazine groups is 1. The summed E-state index contributed by atoms with van der Waals surface area (Å²) in [5.41, 5.74) is 6.95. The van der Waals surface area contributed by atoms with Gasteiger partial charge in [-0.2, -0.15) is 18.2 Å². The highest BCUT2D eigenvalue weighted by molar-refractivity contribution is 8.15. The predicted molar refractivity (Wildman–Crippen MR) is 164 cm³/mol. The smallest absolute Gasteiger partial charge is 0.482 e. The minimum atomic E-state index is -4.80. The van der Waals surface area contributed by atoms with Crippen molar-refractivity contribution >= 4 is 46.2 Å². The molecule has 2 heterocycles. The van der Waals surface area contributed by atoms with Crippen LogP contribution in [0.1, 0.15) is 18.5 Å². The molecule has 11 nitrogen and oxygen atoms in total. The van der Waals surface area contributed by atoms with E-state index in [2.05, 4.69) is 30.7 Å². The molecule has 4 aromatic rings. The molecule has 252 valence electrons. The molecule has 1 fully saturated rings. The van der Waals surface area contributed by atoms with E-state index < -0.39 is 37.1 Å². The van der Waals surface area contributed by atoms with Gasteiger partial charge in [-0.1, -0.05) is 47.6 Å². The number of aliphatic imine (C=N–C) groups is 1. The SMILES string of the molecule is CC(NNC(=O)N=C1SCC(=O)N1c1cc(Cl)ccc1OCC(F)(F)F)c1ccc(-c2ncn(-c3ccc(OC(F)(F)F)cc3)n2)cc1. The molecule has 19 heteroatoms. The second-order valence-corrected chi connectivity index (χ2v) is 11.3. The Balaban J connectivity index is 1.20. The van der Waals surface area contributed by atoms with Gasteiger partial charge in [-0.15, -0.1) is 18.3 Å². The van der Waals surface area contributed by atoms with Gasteiger partial charge in [0.25, 0.3) is 0 Å². The van der Waals surface area contributed by atoms with E-state index in [1.165, 1.54) is 41.3 Å². The van der Waals surface area contributed by atoms with Crippen molar-refractivity contribution in [3.05, 3.63) is 83.6 Å². The number of aromatic nitrogens is 3. The van der Waals surface area contributed by atoms with Crippen molar-refractivity contribution in [2.24, 2.45) is 4.99 Å². The average Bonchev–Trinajstić information content (AvgIpc) is 3.65. The van der Waals surface area contributed by atoms with Crippen molar-refractivity contribution < 1.29 is 45.4 Å². The predicted octanol–water partition coefficient (Wildman–Crippen LogP) is 6.84. The molecule has 48 heavy (non-hydrogen) atoms. The van der Waals surface area contributed by atoms with Crippen LogP contribution >= 0.6 is 23.4 Å². The number of anilines is 1. The number of amides is 3. The molecule has 1 unspecified atom stereocenters. The maximum atomic E-state index is 12.8. The van der Waals surface area contributed by atoms with Crippen LogP contribution in [0, 0.1) is 0 Å². The van der Waals surface area contributed by atoms with Crippen LogP contribution in [0.2, 0.25) is 5.02 Å². The lowest BCUT2D eigenvalue weighted by Gasteiger charge is -2.21. The fourth-order valence-electron chi connectivity index (χ4n) is 4.24. The third-order valence-electron chi connectivity index (χ3n) is 6.41. The number of carbonyl (C=O) groups is 2. The highest BCUT2D eigenvalue weighted by atomic mass is 35.5. The lowest BCUT2D eigenvalue weighted by molar-refractivity contribution is -0.274. The van der Waals surface area contributed by atoms with Gasteiger partial charge in [0.15, 0.2) is 17.6 Å².